The Hall–Kier alpha value is -4.85. The lowest BCUT2D eigenvalue weighted by molar-refractivity contribution is 0.551. The predicted molar refractivity (Wildman–Crippen MR) is 154 cm³/mol. The van der Waals surface area contributed by atoms with Crippen LogP contribution in [0, 0.1) is 5.82 Å². The van der Waals surface area contributed by atoms with Crippen LogP contribution in [0.5, 0.6) is 0 Å². The molecule has 0 saturated carbocycles. The van der Waals surface area contributed by atoms with E-state index in [0.29, 0.717) is 22.8 Å². The first kappa shape index (κ1) is 23.3. The molecule has 0 amide bonds. The van der Waals surface area contributed by atoms with Crippen LogP contribution in [0.25, 0.3) is 38.5 Å². The summed E-state index contributed by atoms with van der Waals surface area (Å²) in [4.78, 5) is 29.3. The van der Waals surface area contributed by atoms with Gasteiger partial charge in [-0.1, -0.05) is 36.4 Å². The van der Waals surface area contributed by atoms with Gasteiger partial charge in [-0.3, -0.25) is 19.3 Å². The summed E-state index contributed by atoms with van der Waals surface area (Å²) in [6.45, 7) is 1.47. The van der Waals surface area contributed by atoms with E-state index in [2.05, 4.69) is 15.3 Å². The number of halogens is 1. The summed E-state index contributed by atoms with van der Waals surface area (Å²) >= 11 is 0. The molecule has 1 aliphatic heterocycles. The molecule has 0 radical (unpaired) electrons. The summed E-state index contributed by atoms with van der Waals surface area (Å²) in [5.74, 6) is 0.281. The summed E-state index contributed by atoms with van der Waals surface area (Å²) in [5, 5.41) is 5.51. The van der Waals surface area contributed by atoms with Crippen molar-refractivity contribution in [1.82, 2.24) is 19.5 Å². The normalized spacial score (nSPS) is 13.8. The molecule has 1 aliphatic rings. The molecule has 1 N–H and O–H groups in total. The molecule has 0 bridgehead atoms. The third kappa shape index (κ3) is 4.24. The number of anilines is 3. The van der Waals surface area contributed by atoms with E-state index >= 15 is 4.39 Å². The van der Waals surface area contributed by atoms with E-state index in [4.69, 9.17) is 4.98 Å². The van der Waals surface area contributed by atoms with E-state index in [1.54, 1.807) is 12.4 Å². The highest BCUT2D eigenvalue weighted by Crippen LogP contribution is 2.30. The number of hydrogen-bond donors (Lipinski definition) is 1. The van der Waals surface area contributed by atoms with Crippen molar-refractivity contribution in [1.29, 1.82) is 0 Å². The van der Waals surface area contributed by atoms with Gasteiger partial charge in [-0.15, -0.1) is 0 Å². The van der Waals surface area contributed by atoms with E-state index in [-0.39, 0.29) is 16.6 Å². The topological polar surface area (TPSA) is 75.9 Å². The van der Waals surface area contributed by atoms with Crippen LogP contribution >= 0.6 is 0 Å². The number of nitrogens with one attached hydrogen (secondary N) is 1. The van der Waals surface area contributed by atoms with Crippen molar-refractivity contribution < 1.29 is 4.39 Å². The zero-order chi connectivity index (χ0) is 26.3. The molecule has 8 heteroatoms. The number of nitrogens with zero attached hydrogens (tertiary/aromatic N) is 5. The van der Waals surface area contributed by atoms with Crippen LogP contribution in [0.3, 0.4) is 0 Å². The van der Waals surface area contributed by atoms with Crippen molar-refractivity contribution in [2.24, 2.45) is 0 Å². The van der Waals surface area contributed by atoms with Gasteiger partial charge in [0.2, 0.25) is 0 Å². The highest BCUT2D eigenvalue weighted by atomic mass is 19.1. The highest BCUT2D eigenvalue weighted by molar-refractivity contribution is 5.86. The maximum absolute atomic E-state index is 15.3. The molecule has 1 fully saturated rings. The minimum Gasteiger partial charge on any atom is -0.354 e. The van der Waals surface area contributed by atoms with Crippen molar-refractivity contribution in [2.45, 2.75) is 19.3 Å². The van der Waals surface area contributed by atoms with Crippen molar-refractivity contribution in [3.63, 3.8) is 0 Å². The number of para-hydroxylation sites is 2. The van der Waals surface area contributed by atoms with Crippen LogP contribution in [-0.2, 0) is 0 Å². The quantitative estimate of drug-likeness (QED) is 0.294. The van der Waals surface area contributed by atoms with Gasteiger partial charge in [0.25, 0.3) is 0 Å². The zero-order valence-corrected chi connectivity index (χ0v) is 21.1. The third-order valence-electron chi connectivity index (χ3n) is 7.28. The van der Waals surface area contributed by atoms with Crippen LogP contribution in [0.4, 0.5) is 21.7 Å². The summed E-state index contributed by atoms with van der Waals surface area (Å²) < 4.78 is 17.2. The molecule has 2 aromatic carbocycles. The van der Waals surface area contributed by atoms with Crippen LogP contribution in [0.15, 0.2) is 90.0 Å². The average molecular weight is 517 g/mol. The molecule has 5 heterocycles. The molecule has 192 valence electrons. The molecule has 6 aromatic rings. The van der Waals surface area contributed by atoms with Crippen molar-refractivity contribution in [3.8, 4) is 5.69 Å². The second-order valence-electron chi connectivity index (χ2n) is 9.87. The third-order valence-corrected chi connectivity index (χ3v) is 7.28. The Morgan fingerprint density at radius 2 is 1.49 bits per heavy atom. The van der Waals surface area contributed by atoms with Gasteiger partial charge >= 0.3 is 0 Å². The molecule has 39 heavy (non-hydrogen) atoms. The first-order valence-electron chi connectivity index (χ1n) is 13.1. The SMILES string of the molecule is O=c1cc(Nc2cnc3ccccc3c2)n(-c2cnc3ccccc3c2)c2nc(N3CCCCC3)c(F)cc12. The van der Waals surface area contributed by atoms with Gasteiger partial charge in [-0.25, -0.2) is 9.37 Å². The minimum absolute atomic E-state index is 0.212. The number of hydrogen-bond acceptors (Lipinski definition) is 6. The number of aromatic nitrogens is 4. The summed E-state index contributed by atoms with van der Waals surface area (Å²) in [6, 6.07) is 22.5. The monoisotopic (exact) mass is 516 g/mol. The fraction of sp³-hybridized carbons (Fsp3) is 0.161. The van der Waals surface area contributed by atoms with Crippen LogP contribution < -0.4 is 15.6 Å². The van der Waals surface area contributed by atoms with Gasteiger partial charge in [-0.2, -0.15) is 0 Å². The standard InChI is InChI=1S/C31H25FN6O/c32-25-16-24-28(39)17-29(35-22-14-20-8-2-4-10-26(20)33-18-22)38(23-15-21-9-3-5-11-27(21)34-19-23)30(24)36-31(25)37-12-6-1-7-13-37/h2-5,8-11,14-19,35H,1,6-7,12-13H2. The molecule has 7 rings (SSSR count). The van der Waals surface area contributed by atoms with E-state index in [0.717, 1.165) is 54.2 Å². The molecular formula is C31H25FN6O. The summed E-state index contributed by atoms with van der Waals surface area (Å²) in [5.41, 5.74) is 3.21. The molecule has 0 unspecified atom stereocenters. The smallest absolute Gasteiger partial charge is 0.193 e. The lowest BCUT2D eigenvalue weighted by Crippen LogP contribution is -2.31. The van der Waals surface area contributed by atoms with Crippen molar-refractivity contribution in [2.75, 3.05) is 23.3 Å². The van der Waals surface area contributed by atoms with Gasteiger partial charge in [0.1, 0.15) is 5.82 Å². The van der Waals surface area contributed by atoms with Crippen LogP contribution in [-0.4, -0.2) is 32.6 Å². The predicted octanol–water partition coefficient (Wildman–Crippen LogP) is 6.36. The van der Waals surface area contributed by atoms with Crippen LogP contribution in [0.1, 0.15) is 19.3 Å². The Morgan fingerprint density at radius 1 is 0.795 bits per heavy atom. The van der Waals surface area contributed by atoms with Crippen molar-refractivity contribution >= 4 is 50.2 Å². The molecule has 0 spiro atoms. The highest BCUT2D eigenvalue weighted by Gasteiger charge is 2.21. The van der Waals surface area contributed by atoms with E-state index in [9.17, 15) is 4.79 Å². The van der Waals surface area contributed by atoms with Gasteiger partial charge < -0.3 is 10.2 Å². The summed E-state index contributed by atoms with van der Waals surface area (Å²) in [6.07, 6.45) is 6.57. The summed E-state index contributed by atoms with van der Waals surface area (Å²) in [7, 11) is 0. The lowest BCUT2D eigenvalue weighted by atomic mass is 10.1. The van der Waals surface area contributed by atoms with Crippen LogP contribution in [0.2, 0.25) is 0 Å². The van der Waals surface area contributed by atoms with Crippen molar-refractivity contribution in [3.05, 3.63) is 101 Å². The van der Waals surface area contributed by atoms with Gasteiger partial charge in [0, 0.05) is 29.9 Å². The molecule has 0 aliphatic carbocycles. The maximum atomic E-state index is 15.3. The molecule has 1 saturated heterocycles. The number of rotatable bonds is 4. The average Bonchev–Trinajstić information content (AvgIpc) is 2.97. The number of pyridine rings is 4. The zero-order valence-electron chi connectivity index (χ0n) is 21.1. The second-order valence-corrected chi connectivity index (χ2v) is 9.87. The maximum Gasteiger partial charge on any atom is 0.193 e. The Kier molecular flexibility index (Phi) is 5.65. The molecule has 0 atom stereocenters. The molecule has 4 aromatic heterocycles. The van der Waals surface area contributed by atoms with Gasteiger partial charge in [0.15, 0.2) is 22.7 Å². The lowest BCUT2D eigenvalue weighted by Gasteiger charge is -2.28. The Bertz CT molecular complexity index is 1930. The number of piperidine rings is 1. The minimum atomic E-state index is -0.482. The van der Waals surface area contributed by atoms with Gasteiger partial charge in [-0.05, 0) is 49.6 Å². The van der Waals surface area contributed by atoms with E-state index < -0.39 is 5.82 Å². The fourth-order valence-electron chi connectivity index (χ4n) is 5.35. The van der Waals surface area contributed by atoms with Gasteiger partial charge in [0.05, 0.1) is 40.2 Å². The first-order chi connectivity index (χ1) is 19.1. The van der Waals surface area contributed by atoms with E-state index in [1.165, 1.54) is 12.1 Å². The second kappa shape index (κ2) is 9.47. The number of fused-ring (bicyclic) bond motifs is 3. The molecule has 7 nitrogen and oxygen atoms in total. The van der Waals surface area contributed by atoms with E-state index in [1.807, 2.05) is 70.1 Å². The Labute approximate surface area is 223 Å². The largest absolute Gasteiger partial charge is 0.354 e. The molecular weight excluding hydrogens is 491 g/mol. The number of benzene rings is 2. The fourth-order valence-corrected chi connectivity index (χ4v) is 5.35. The first-order valence-corrected chi connectivity index (χ1v) is 13.1. The Balaban J connectivity index is 1.47. The Morgan fingerprint density at radius 3 is 2.26 bits per heavy atom.